The molecule has 8 heterocycles. The van der Waals surface area contributed by atoms with Crippen LogP contribution in [0.1, 0.15) is 102 Å². The minimum absolute atomic E-state index is 0.00549. The molecule has 11 rings (SSSR count). The maximum Gasteiger partial charge on any atom is 0.130 e. The zero-order valence-corrected chi connectivity index (χ0v) is 39.3. The van der Waals surface area contributed by atoms with Crippen LogP contribution in [0, 0.1) is 22.7 Å². The predicted octanol–water partition coefficient (Wildman–Crippen LogP) is 8.04. The van der Waals surface area contributed by atoms with E-state index in [1.807, 2.05) is 24.4 Å². The van der Waals surface area contributed by atoms with Gasteiger partial charge in [0, 0.05) is 54.6 Å². The van der Waals surface area contributed by atoms with Crippen LogP contribution in [0.2, 0.25) is 0 Å². The fourth-order valence-electron chi connectivity index (χ4n) is 11.3. The summed E-state index contributed by atoms with van der Waals surface area (Å²) >= 11 is 0. The second-order valence-corrected chi connectivity index (χ2v) is 19.9. The molecular formula is C52H60N12O4. The van der Waals surface area contributed by atoms with Gasteiger partial charge in [0.15, 0.2) is 0 Å². The molecule has 6 aromatic heterocycles. The Morgan fingerprint density at radius 2 is 1.28 bits per heavy atom. The molecule has 2 N–H and O–H groups in total. The van der Waals surface area contributed by atoms with Crippen LogP contribution in [0.15, 0.2) is 55.0 Å². The number of pyridine rings is 4. The minimum Gasteiger partial charge on any atom is -0.377 e. The van der Waals surface area contributed by atoms with E-state index >= 15 is 0 Å². The Bertz CT molecular complexity index is 2850. The largest absolute Gasteiger partial charge is 0.377 e. The first-order valence-electron chi connectivity index (χ1n) is 24.7. The van der Waals surface area contributed by atoms with E-state index in [1.165, 1.54) is 0 Å². The molecular weight excluding hydrogens is 857 g/mol. The number of morpholine rings is 2. The molecule has 3 saturated carbocycles. The Morgan fingerprint density at radius 1 is 0.721 bits per heavy atom. The van der Waals surface area contributed by atoms with Crippen molar-refractivity contribution < 1.29 is 18.9 Å². The summed E-state index contributed by atoms with van der Waals surface area (Å²) in [7, 11) is 0. The van der Waals surface area contributed by atoms with Gasteiger partial charge in [0.25, 0.3) is 0 Å². The fraction of sp³-hybridized carbons (Fsp3) is 0.538. The monoisotopic (exact) mass is 916 g/mol. The third-order valence-electron chi connectivity index (χ3n) is 15.3. The number of aromatic amines is 2. The van der Waals surface area contributed by atoms with Crippen molar-refractivity contribution in [2.75, 3.05) is 49.3 Å². The lowest BCUT2D eigenvalue weighted by atomic mass is 9.69. The molecule has 0 amide bonds. The predicted molar refractivity (Wildman–Crippen MR) is 257 cm³/mol. The summed E-state index contributed by atoms with van der Waals surface area (Å²) in [5, 5.41) is 39.3. The number of nitriles is 2. The summed E-state index contributed by atoms with van der Waals surface area (Å²) in [5.74, 6) is 1.68. The summed E-state index contributed by atoms with van der Waals surface area (Å²) in [6.07, 6.45) is 14.7. The summed E-state index contributed by atoms with van der Waals surface area (Å²) in [6.45, 7) is 10.3. The van der Waals surface area contributed by atoms with Crippen LogP contribution in [0.3, 0.4) is 0 Å². The molecule has 68 heavy (non-hydrogen) atoms. The van der Waals surface area contributed by atoms with Crippen LogP contribution in [0.5, 0.6) is 0 Å². The molecule has 3 atom stereocenters. The molecule has 1 unspecified atom stereocenters. The van der Waals surface area contributed by atoms with Crippen LogP contribution >= 0.6 is 0 Å². The lowest BCUT2D eigenvalue weighted by Gasteiger charge is -2.38. The van der Waals surface area contributed by atoms with Gasteiger partial charge in [0.2, 0.25) is 0 Å². The Morgan fingerprint density at radius 3 is 1.82 bits per heavy atom. The maximum atomic E-state index is 11.1. The van der Waals surface area contributed by atoms with Gasteiger partial charge in [0.1, 0.15) is 39.8 Å². The van der Waals surface area contributed by atoms with E-state index in [1.54, 1.807) is 12.4 Å². The molecule has 3 aliphatic carbocycles. The lowest BCUT2D eigenvalue weighted by molar-refractivity contribution is -0.0275. The highest BCUT2D eigenvalue weighted by molar-refractivity contribution is 5.96. The van der Waals surface area contributed by atoms with Crippen molar-refractivity contribution in [2.45, 2.75) is 139 Å². The van der Waals surface area contributed by atoms with E-state index in [9.17, 15) is 10.5 Å². The van der Waals surface area contributed by atoms with Crippen molar-refractivity contribution in [2.24, 2.45) is 0 Å². The van der Waals surface area contributed by atoms with Crippen LogP contribution in [-0.2, 0) is 36.2 Å². The number of hydrogen-bond acceptors (Lipinski definition) is 14. The number of rotatable bonds is 12. The Kier molecular flexibility index (Phi) is 12.1. The quantitative estimate of drug-likeness (QED) is 0.120. The van der Waals surface area contributed by atoms with Crippen molar-refractivity contribution in [3.05, 3.63) is 71.8 Å². The number of fused-ring (bicyclic) bond motifs is 2. The summed E-state index contributed by atoms with van der Waals surface area (Å²) in [5.41, 5.74) is 5.93. The van der Waals surface area contributed by atoms with Crippen molar-refractivity contribution in [3.8, 4) is 34.9 Å². The number of hydrogen-bond donors (Lipinski definition) is 2. The molecule has 5 fully saturated rings. The smallest absolute Gasteiger partial charge is 0.130 e. The SMILES string of the molecule is CC(Cc1cc(-c2nccc3c(C4(C#N)CCC(OC5CC5)CC4)cc(N4CCOC[C@H]4C)nc23)n[nH]1)OC1CCC(C#N)(c2cc(N3CCOC[C@H]3C)nc3c(-c4ccn[nH]4)nccc23)CC1. The van der Waals surface area contributed by atoms with E-state index in [0.717, 1.165) is 120 Å². The van der Waals surface area contributed by atoms with E-state index < -0.39 is 10.8 Å². The van der Waals surface area contributed by atoms with Gasteiger partial charge in [-0.15, -0.1) is 0 Å². The lowest BCUT2D eigenvalue weighted by Crippen LogP contribution is -2.44. The van der Waals surface area contributed by atoms with Crippen molar-refractivity contribution in [1.29, 1.82) is 10.5 Å². The highest BCUT2D eigenvalue weighted by atomic mass is 16.5. The standard InChI is InChI=1S/C52H60N12O4/c1-32-28-65-22-20-63(32)45-26-41(39-10-17-55-49(47(39)58-45)43-12-19-57-61-43)51(30-53)13-6-37(7-14-51)67-34(3)24-35-25-44(62-60-35)50-48-40(11-18-56-50)42(27-46(59-48)64-21-23-66-29-33(64)2)52(31-54)15-8-38(9-16-52)68-36-4-5-36/h10-12,17-19,25-27,32-34,36-38H,4-9,13-16,20-24,28-29H2,1-3H3,(H,57,61)(H,60,62)/t32-,33-,34?,37?,38?,51?,52?/m1/s1. The molecule has 0 bridgehead atoms. The summed E-state index contributed by atoms with van der Waals surface area (Å²) in [4.78, 5) is 24.8. The highest BCUT2D eigenvalue weighted by Gasteiger charge is 2.43. The average Bonchev–Trinajstić information content (AvgIpc) is 3.78. The molecule has 0 spiro atoms. The van der Waals surface area contributed by atoms with Gasteiger partial charge in [0.05, 0.1) is 91.6 Å². The van der Waals surface area contributed by atoms with E-state index in [2.05, 4.69) is 76.2 Å². The second-order valence-electron chi connectivity index (χ2n) is 19.9. The number of H-pyrrole nitrogens is 2. The van der Waals surface area contributed by atoms with Crippen LogP contribution in [0.4, 0.5) is 11.6 Å². The van der Waals surface area contributed by atoms with Gasteiger partial charge < -0.3 is 28.7 Å². The van der Waals surface area contributed by atoms with Gasteiger partial charge in [-0.2, -0.15) is 20.7 Å². The number of nitrogens with zero attached hydrogens (tertiary/aromatic N) is 10. The van der Waals surface area contributed by atoms with E-state index in [-0.39, 0.29) is 30.4 Å². The molecule has 6 aromatic rings. The molecule has 16 heteroatoms. The van der Waals surface area contributed by atoms with Crippen LogP contribution in [0.25, 0.3) is 44.6 Å². The minimum atomic E-state index is -0.727. The first-order valence-corrected chi connectivity index (χ1v) is 24.7. The maximum absolute atomic E-state index is 11.1. The number of ether oxygens (including phenoxy) is 4. The van der Waals surface area contributed by atoms with Crippen LogP contribution in [-0.4, -0.2) is 116 Å². The number of aromatic nitrogens is 8. The molecule has 16 nitrogen and oxygen atoms in total. The summed E-state index contributed by atoms with van der Waals surface area (Å²) in [6, 6.07) is 18.2. The van der Waals surface area contributed by atoms with Gasteiger partial charge in [-0.3, -0.25) is 20.2 Å². The molecule has 0 aromatic carbocycles. The molecule has 352 valence electrons. The number of nitrogens with one attached hydrogen (secondary N) is 2. The first-order chi connectivity index (χ1) is 33.2. The van der Waals surface area contributed by atoms with E-state index in [0.29, 0.717) is 68.9 Å². The van der Waals surface area contributed by atoms with Gasteiger partial charge in [-0.25, -0.2) is 9.97 Å². The first kappa shape index (κ1) is 44.5. The number of anilines is 2. The summed E-state index contributed by atoms with van der Waals surface area (Å²) < 4.78 is 24.7. The van der Waals surface area contributed by atoms with E-state index in [4.69, 9.17) is 44.0 Å². The van der Waals surface area contributed by atoms with Crippen LogP contribution < -0.4 is 9.80 Å². The van der Waals surface area contributed by atoms with Crippen molar-refractivity contribution >= 4 is 33.4 Å². The molecule has 2 saturated heterocycles. The normalized spacial score (nSPS) is 27.2. The molecule has 5 aliphatic rings. The van der Waals surface area contributed by atoms with Gasteiger partial charge in [-0.1, -0.05) is 0 Å². The second kappa shape index (κ2) is 18.5. The fourth-order valence-corrected chi connectivity index (χ4v) is 11.3. The Labute approximate surface area is 396 Å². The van der Waals surface area contributed by atoms with Crippen molar-refractivity contribution in [3.63, 3.8) is 0 Å². The average molecular weight is 917 g/mol. The Balaban J connectivity index is 0.828. The molecule has 2 aliphatic heterocycles. The zero-order valence-electron chi connectivity index (χ0n) is 39.3. The zero-order chi connectivity index (χ0) is 46.4. The van der Waals surface area contributed by atoms with Crippen molar-refractivity contribution in [1.82, 2.24) is 40.3 Å². The highest BCUT2D eigenvalue weighted by Crippen LogP contribution is 2.47. The van der Waals surface area contributed by atoms with Gasteiger partial charge in [-0.05, 0) is 133 Å². The molecule has 0 radical (unpaired) electrons. The third-order valence-corrected chi connectivity index (χ3v) is 15.3. The Hall–Kier alpha value is -6.04. The third kappa shape index (κ3) is 8.46. The topological polar surface area (TPSA) is 200 Å². The van der Waals surface area contributed by atoms with Gasteiger partial charge >= 0.3 is 0 Å².